The highest BCUT2D eigenvalue weighted by Gasteiger charge is 2.14. The normalized spacial score (nSPS) is 10.8. The number of pyridine rings is 1. The molecule has 0 aliphatic carbocycles. The van der Waals surface area contributed by atoms with Crippen molar-refractivity contribution in [2.45, 2.75) is 6.61 Å². The van der Waals surface area contributed by atoms with E-state index in [-0.39, 0.29) is 22.6 Å². The van der Waals surface area contributed by atoms with E-state index in [0.717, 1.165) is 24.4 Å². The third-order valence-corrected chi connectivity index (χ3v) is 2.73. The van der Waals surface area contributed by atoms with Crippen molar-refractivity contribution in [2.24, 2.45) is 5.10 Å². The number of nitrogens with zero attached hydrogens (tertiary/aromatic N) is 3. The van der Waals surface area contributed by atoms with Crippen molar-refractivity contribution in [3.8, 4) is 5.75 Å². The molecule has 0 spiro atoms. The summed E-state index contributed by atoms with van der Waals surface area (Å²) < 4.78 is 29.0. The summed E-state index contributed by atoms with van der Waals surface area (Å²) in [7, 11) is 0. The monoisotopic (exact) mass is 336 g/mol. The summed E-state index contributed by atoms with van der Waals surface area (Å²) in [6, 6.07) is 5.94. The average molecular weight is 336 g/mol. The van der Waals surface area contributed by atoms with Crippen molar-refractivity contribution in [1.29, 1.82) is 0 Å². The molecule has 10 heteroatoms. The lowest BCUT2D eigenvalue weighted by molar-refractivity contribution is -0.384. The molecule has 0 radical (unpaired) electrons. The van der Waals surface area contributed by atoms with E-state index in [1.54, 1.807) is 0 Å². The zero-order valence-electron chi connectivity index (χ0n) is 11.9. The number of carbonyl (C=O) groups is 1. The summed E-state index contributed by atoms with van der Waals surface area (Å²) in [5.41, 5.74) is 2.03. The number of non-ortho nitro benzene ring substituents is 1. The van der Waals surface area contributed by atoms with Gasteiger partial charge in [0, 0.05) is 35.7 Å². The van der Waals surface area contributed by atoms with Crippen LogP contribution in [0.25, 0.3) is 0 Å². The second-order valence-electron chi connectivity index (χ2n) is 4.29. The molecule has 0 bridgehead atoms. The molecule has 1 heterocycles. The smallest absolute Gasteiger partial charge is 0.387 e. The van der Waals surface area contributed by atoms with Gasteiger partial charge in [0.2, 0.25) is 0 Å². The first-order valence-corrected chi connectivity index (χ1v) is 6.44. The second kappa shape index (κ2) is 7.72. The van der Waals surface area contributed by atoms with Crippen molar-refractivity contribution in [1.82, 2.24) is 10.4 Å². The number of alkyl halides is 2. The van der Waals surface area contributed by atoms with Crippen LogP contribution < -0.4 is 10.2 Å². The Balaban J connectivity index is 2.18. The van der Waals surface area contributed by atoms with Gasteiger partial charge < -0.3 is 4.74 Å². The number of nitro groups is 1. The first-order valence-electron chi connectivity index (χ1n) is 6.44. The number of hydrogen-bond donors (Lipinski definition) is 1. The molecule has 0 fully saturated rings. The molecule has 2 rings (SSSR count). The van der Waals surface area contributed by atoms with E-state index >= 15 is 0 Å². The van der Waals surface area contributed by atoms with Crippen LogP contribution in [0.15, 0.2) is 47.8 Å². The Hall–Kier alpha value is -3.43. The summed E-state index contributed by atoms with van der Waals surface area (Å²) in [5.74, 6) is -0.868. The standard InChI is InChI=1S/C14H10F2N4O4/c15-14(16)24-12-2-1-11(20(22)23)7-10(12)8-18-19-13(21)9-3-5-17-6-4-9/h1-8,14H,(H,19,21). The number of nitro benzene ring substituents is 1. The van der Waals surface area contributed by atoms with Crippen LogP contribution in [0.5, 0.6) is 5.75 Å². The highest BCUT2D eigenvalue weighted by molar-refractivity contribution is 5.95. The van der Waals surface area contributed by atoms with Crippen LogP contribution in [0.1, 0.15) is 15.9 Å². The molecule has 0 saturated heterocycles. The van der Waals surface area contributed by atoms with Gasteiger partial charge in [0.1, 0.15) is 5.75 Å². The molecule has 1 N–H and O–H groups in total. The number of hydrazone groups is 1. The maximum Gasteiger partial charge on any atom is 0.387 e. The minimum absolute atomic E-state index is 0.0838. The van der Waals surface area contributed by atoms with Crippen LogP contribution in [0.3, 0.4) is 0 Å². The first-order chi connectivity index (χ1) is 11.5. The van der Waals surface area contributed by atoms with E-state index in [1.165, 1.54) is 24.5 Å². The third-order valence-electron chi connectivity index (χ3n) is 2.73. The topological polar surface area (TPSA) is 107 Å². The zero-order chi connectivity index (χ0) is 17.5. The van der Waals surface area contributed by atoms with Crippen LogP contribution in [0.4, 0.5) is 14.5 Å². The van der Waals surface area contributed by atoms with E-state index in [2.05, 4.69) is 20.2 Å². The highest BCUT2D eigenvalue weighted by Crippen LogP contribution is 2.24. The van der Waals surface area contributed by atoms with Crippen molar-refractivity contribution < 1.29 is 23.2 Å². The number of aromatic nitrogens is 1. The fourth-order valence-electron chi connectivity index (χ4n) is 1.68. The summed E-state index contributed by atoms with van der Waals surface area (Å²) in [6.07, 6.45) is 3.80. The number of carbonyl (C=O) groups excluding carboxylic acids is 1. The van der Waals surface area contributed by atoms with E-state index < -0.39 is 17.4 Å². The molecule has 2 aromatic rings. The van der Waals surface area contributed by atoms with Crippen molar-refractivity contribution in [3.05, 3.63) is 64.0 Å². The Kier molecular flexibility index (Phi) is 5.45. The van der Waals surface area contributed by atoms with Crippen molar-refractivity contribution in [2.75, 3.05) is 0 Å². The van der Waals surface area contributed by atoms with Gasteiger partial charge in [-0.15, -0.1) is 0 Å². The lowest BCUT2D eigenvalue weighted by Crippen LogP contribution is -2.17. The van der Waals surface area contributed by atoms with E-state index in [1.807, 2.05) is 0 Å². The van der Waals surface area contributed by atoms with Gasteiger partial charge >= 0.3 is 6.61 Å². The number of rotatable bonds is 6. The van der Waals surface area contributed by atoms with Gasteiger partial charge in [-0.3, -0.25) is 19.9 Å². The van der Waals surface area contributed by atoms with Gasteiger partial charge in [-0.05, 0) is 18.2 Å². The maximum absolute atomic E-state index is 12.4. The number of halogens is 2. The lowest BCUT2D eigenvalue weighted by atomic mass is 10.2. The van der Waals surface area contributed by atoms with E-state index in [4.69, 9.17) is 0 Å². The van der Waals surface area contributed by atoms with E-state index in [0.29, 0.717) is 0 Å². The molecule has 124 valence electrons. The summed E-state index contributed by atoms with van der Waals surface area (Å²) in [4.78, 5) is 25.6. The van der Waals surface area contributed by atoms with E-state index in [9.17, 15) is 23.7 Å². The van der Waals surface area contributed by atoms with Crippen molar-refractivity contribution in [3.63, 3.8) is 0 Å². The predicted octanol–water partition coefficient (Wildman–Crippen LogP) is 2.36. The van der Waals surface area contributed by atoms with Gasteiger partial charge in [0.15, 0.2) is 0 Å². The maximum atomic E-state index is 12.4. The van der Waals surface area contributed by atoms with Gasteiger partial charge in [-0.2, -0.15) is 13.9 Å². The molecule has 1 aromatic carbocycles. The van der Waals surface area contributed by atoms with Crippen LogP contribution in [0, 0.1) is 10.1 Å². The lowest BCUT2D eigenvalue weighted by Gasteiger charge is -2.07. The molecule has 1 aromatic heterocycles. The second-order valence-corrected chi connectivity index (χ2v) is 4.29. The third kappa shape index (κ3) is 4.53. The Morgan fingerprint density at radius 3 is 2.67 bits per heavy atom. The van der Waals surface area contributed by atoms with Crippen LogP contribution in [0.2, 0.25) is 0 Å². The number of benzene rings is 1. The predicted molar refractivity (Wildman–Crippen MR) is 79.0 cm³/mol. The number of nitrogens with one attached hydrogen (secondary N) is 1. The fourth-order valence-corrected chi connectivity index (χ4v) is 1.68. The first kappa shape index (κ1) is 16.9. The van der Waals surface area contributed by atoms with Crippen LogP contribution in [-0.2, 0) is 0 Å². The average Bonchev–Trinajstić information content (AvgIpc) is 2.56. The Labute approximate surface area is 133 Å². The van der Waals surface area contributed by atoms with Gasteiger partial charge in [-0.25, -0.2) is 5.43 Å². The molecule has 0 aliphatic rings. The zero-order valence-corrected chi connectivity index (χ0v) is 11.9. The number of amides is 1. The summed E-state index contributed by atoms with van der Waals surface area (Å²) in [5, 5.41) is 14.3. The highest BCUT2D eigenvalue weighted by atomic mass is 19.3. The van der Waals surface area contributed by atoms with Gasteiger partial charge in [-0.1, -0.05) is 0 Å². The summed E-state index contributed by atoms with van der Waals surface area (Å²) in [6.45, 7) is -3.11. The largest absolute Gasteiger partial charge is 0.434 e. The molecule has 1 amide bonds. The fraction of sp³-hybridized carbons (Fsp3) is 0.0714. The molecular formula is C14H10F2N4O4. The van der Waals surface area contributed by atoms with Gasteiger partial charge in [0.05, 0.1) is 11.1 Å². The Morgan fingerprint density at radius 2 is 2.04 bits per heavy atom. The molecule has 24 heavy (non-hydrogen) atoms. The number of hydrogen-bond acceptors (Lipinski definition) is 6. The summed E-state index contributed by atoms with van der Waals surface area (Å²) >= 11 is 0. The minimum atomic E-state index is -3.11. The quantitative estimate of drug-likeness (QED) is 0.495. The number of ether oxygens (including phenoxy) is 1. The molecule has 0 saturated carbocycles. The Morgan fingerprint density at radius 1 is 1.33 bits per heavy atom. The molecule has 8 nitrogen and oxygen atoms in total. The van der Waals surface area contributed by atoms with Crippen LogP contribution in [-0.4, -0.2) is 28.6 Å². The molecule has 0 unspecified atom stereocenters. The van der Waals surface area contributed by atoms with Crippen LogP contribution >= 0.6 is 0 Å². The molecule has 0 aliphatic heterocycles. The molecular weight excluding hydrogens is 326 g/mol. The Bertz CT molecular complexity index is 769. The minimum Gasteiger partial charge on any atom is -0.434 e. The SMILES string of the molecule is O=C(NN=Cc1cc([N+](=O)[O-])ccc1OC(F)F)c1ccncc1. The molecule has 0 atom stereocenters. The van der Waals surface area contributed by atoms with Gasteiger partial charge in [0.25, 0.3) is 11.6 Å². The van der Waals surface area contributed by atoms with Crippen molar-refractivity contribution >= 4 is 17.8 Å².